The van der Waals surface area contributed by atoms with Crippen LogP contribution in [0.25, 0.3) is 0 Å². The molecule has 0 radical (unpaired) electrons. The van der Waals surface area contributed by atoms with Gasteiger partial charge in [0.15, 0.2) is 29.1 Å². The van der Waals surface area contributed by atoms with Gasteiger partial charge >= 0.3 is 28.6 Å². The van der Waals surface area contributed by atoms with Crippen molar-refractivity contribution in [1.29, 1.82) is 0 Å². The second-order valence-corrected chi connectivity index (χ2v) is 10.8. The Balaban J connectivity index is 1.68. The Morgan fingerprint density at radius 1 is 0.375 bits per heavy atom. The first-order valence-corrected chi connectivity index (χ1v) is 14.0. The molecule has 0 unspecified atom stereocenters. The van der Waals surface area contributed by atoms with E-state index in [-0.39, 0.29) is 0 Å². The first-order chi connectivity index (χ1) is 19.5. The zero-order chi connectivity index (χ0) is 28.1. The molecule has 0 atom stereocenters. The highest BCUT2D eigenvalue weighted by Gasteiger charge is 2.45. The fraction of sp³-hybridized carbons (Fsp3) is 0. The fourth-order valence-corrected chi connectivity index (χ4v) is 6.58. The van der Waals surface area contributed by atoms with Crippen molar-refractivity contribution in [3.63, 3.8) is 0 Å². The number of benzene rings is 5. The van der Waals surface area contributed by atoms with Crippen molar-refractivity contribution in [3.8, 4) is 0 Å². The summed E-state index contributed by atoms with van der Waals surface area (Å²) < 4.78 is 85.3. The number of halogens is 5. The van der Waals surface area contributed by atoms with Gasteiger partial charge < -0.3 is 7.41 Å². The lowest BCUT2D eigenvalue weighted by molar-refractivity contribution is 0.378. The third kappa shape index (κ3) is 5.91. The van der Waals surface area contributed by atoms with Gasteiger partial charge in [-0.2, -0.15) is 0 Å². The highest BCUT2D eigenvalue weighted by molar-refractivity contribution is 6.90. The van der Waals surface area contributed by atoms with Crippen molar-refractivity contribution in [2.75, 3.05) is 0 Å². The zero-order valence-corrected chi connectivity index (χ0v) is 22.1. The molecular formula is C30H20AlB2F5O2. The Labute approximate surface area is 234 Å². The van der Waals surface area contributed by atoms with Gasteiger partial charge in [0.05, 0.1) is 0 Å². The van der Waals surface area contributed by atoms with Crippen molar-refractivity contribution in [3.05, 3.63) is 150 Å². The molecule has 0 aromatic heterocycles. The summed E-state index contributed by atoms with van der Waals surface area (Å²) in [4.78, 5) is 0. The van der Waals surface area contributed by atoms with Gasteiger partial charge in [-0.3, -0.25) is 0 Å². The maximum atomic E-state index is 15.3. The van der Waals surface area contributed by atoms with E-state index in [1.54, 1.807) is 121 Å². The summed E-state index contributed by atoms with van der Waals surface area (Å²) in [5.74, 6) is -10.3. The van der Waals surface area contributed by atoms with E-state index in [0.717, 1.165) is 0 Å². The molecule has 0 aliphatic carbocycles. The fourth-order valence-electron chi connectivity index (χ4n) is 4.45. The highest BCUT2D eigenvalue weighted by Crippen LogP contribution is 2.18. The topological polar surface area (TPSA) is 18.5 Å². The van der Waals surface area contributed by atoms with Crippen LogP contribution in [0.4, 0.5) is 22.0 Å². The molecule has 0 saturated carbocycles. The lowest BCUT2D eigenvalue weighted by atomic mass is 9.56. The average molecular weight is 556 g/mol. The van der Waals surface area contributed by atoms with Gasteiger partial charge in [0.1, 0.15) is 0 Å². The van der Waals surface area contributed by atoms with E-state index in [9.17, 15) is 13.2 Å². The summed E-state index contributed by atoms with van der Waals surface area (Å²) in [6.07, 6.45) is 0. The molecule has 5 aromatic carbocycles. The molecule has 0 amide bonds. The van der Waals surface area contributed by atoms with Gasteiger partial charge in [-0.15, -0.1) is 0 Å². The van der Waals surface area contributed by atoms with Crippen molar-refractivity contribution in [2.24, 2.45) is 0 Å². The summed E-state index contributed by atoms with van der Waals surface area (Å²) in [5.41, 5.74) is 2.48. The Hall–Kier alpha value is -3.67. The highest BCUT2D eigenvalue weighted by atomic mass is 27.2. The Morgan fingerprint density at radius 3 is 0.900 bits per heavy atom. The number of hydrogen-bond acceptors (Lipinski definition) is 2. The van der Waals surface area contributed by atoms with Gasteiger partial charge in [0.25, 0.3) is 0 Å². The summed E-state index contributed by atoms with van der Waals surface area (Å²) in [6.45, 7) is -1.83. The molecule has 2 nitrogen and oxygen atoms in total. The van der Waals surface area contributed by atoms with E-state index in [0.29, 0.717) is 21.9 Å². The molecule has 40 heavy (non-hydrogen) atoms. The van der Waals surface area contributed by atoms with Crippen LogP contribution < -0.4 is 26.3 Å². The lowest BCUT2D eigenvalue weighted by Crippen LogP contribution is -2.59. The molecule has 0 spiro atoms. The molecule has 5 aromatic rings. The Bertz CT molecular complexity index is 1370. The van der Waals surface area contributed by atoms with Crippen LogP contribution in [-0.4, -0.2) is 28.6 Å². The van der Waals surface area contributed by atoms with E-state index in [4.69, 9.17) is 7.41 Å². The van der Waals surface area contributed by atoms with Crippen LogP contribution >= 0.6 is 0 Å². The maximum Gasteiger partial charge on any atom is 0.693 e. The Morgan fingerprint density at radius 2 is 0.625 bits per heavy atom. The van der Waals surface area contributed by atoms with Crippen LogP contribution in [-0.2, 0) is 7.41 Å². The first kappa shape index (κ1) is 27.9. The second-order valence-electron chi connectivity index (χ2n) is 8.99. The molecule has 0 bridgehead atoms. The minimum atomic E-state index is -3.94. The molecule has 0 fully saturated rings. The minimum absolute atomic E-state index is 0.620. The SMILES string of the molecule is Fc1c(F)c(F)[c]([Al]([O]B(c2ccccc2)c2ccccc2)[O]B(c2ccccc2)c2ccccc2)c(F)c1F. The van der Waals surface area contributed by atoms with Crippen LogP contribution in [0.5, 0.6) is 0 Å². The minimum Gasteiger partial charge on any atom is -0.534 e. The predicted molar refractivity (Wildman–Crippen MR) is 150 cm³/mol. The molecule has 5 rings (SSSR count). The quantitative estimate of drug-likeness (QED) is 0.119. The van der Waals surface area contributed by atoms with Gasteiger partial charge in [-0.1, -0.05) is 121 Å². The normalized spacial score (nSPS) is 10.8. The Kier molecular flexibility index (Phi) is 8.83. The number of hydrogen-bond donors (Lipinski definition) is 0. The van der Waals surface area contributed by atoms with Gasteiger partial charge in [-0.25, -0.2) is 22.0 Å². The molecule has 0 saturated heterocycles. The second kappa shape index (κ2) is 12.7. The molecule has 10 heteroatoms. The van der Waals surface area contributed by atoms with Crippen molar-refractivity contribution >= 4 is 54.9 Å². The maximum absolute atomic E-state index is 15.3. The third-order valence-corrected chi connectivity index (χ3v) is 8.43. The number of rotatable bonds is 9. The third-order valence-electron chi connectivity index (χ3n) is 6.41. The van der Waals surface area contributed by atoms with Gasteiger partial charge in [-0.05, 0) is 21.9 Å². The van der Waals surface area contributed by atoms with Crippen molar-refractivity contribution in [1.82, 2.24) is 0 Å². The molecule has 0 N–H and O–H groups in total. The van der Waals surface area contributed by atoms with Crippen LogP contribution in [0.3, 0.4) is 0 Å². The summed E-state index contributed by atoms with van der Waals surface area (Å²) >= 11 is -3.94. The smallest absolute Gasteiger partial charge is 0.534 e. The zero-order valence-electron chi connectivity index (χ0n) is 21.0. The van der Waals surface area contributed by atoms with Crippen molar-refractivity contribution in [2.45, 2.75) is 0 Å². The van der Waals surface area contributed by atoms with E-state index < -0.39 is 62.2 Å². The summed E-state index contributed by atoms with van der Waals surface area (Å²) in [5, 5.41) is 0. The van der Waals surface area contributed by atoms with Crippen LogP contribution in [0.1, 0.15) is 0 Å². The van der Waals surface area contributed by atoms with Gasteiger partial charge in [0, 0.05) is 4.43 Å². The molecule has 0 aliphatic heterocycles. The summed E-state index contributed by atoms with van der Waals surface area (Å²) in [6, 6.07) is 35.4. The lowest BCUT2D eigenvalue weighted by Gasteiger charge is -2.26. The standard InChI is InChI=1S/2C12H10BO.C6F5.Al/c2*14-13(11-7-3-1-4-8-11)12-9-5-2-6-10-12;7-2-1-3(8)5(10)6(11)4(2)9;/h2*1-10H;;/q2*-1;;+2. The van der Waals surface area contributed by atoms with Crippen LogP contribution in [0.15, 0.2) is 121 Å². The van der Waals surface area contributed by atoms with E-state index in [1.807, 2.05) is 0 Å². The van der Waals surface area contributed by atoms with Crippen LogP contribution in [0.2, 0.25) is 0 Å². The largest absolute Gasteiger partial charge is 0.693 e. The summed E-state index contributed by atoms with van der Waals surface area (Å²) in [7, 11) is 0. The van der Waals surface area contributed by atoms with E-state index in [1.165, 1.54) is 0 Å². The predicted octanol–water partition coefficient (Wildman–Crippen LogP) is 3.72. The van der Waals surface area contributed by atoms with E-state index in [2.05, 4.69) is 0 Å². The van der Waals surface area contributed by atoms with Crippen LogP contribution in [0, 0.1) is 29.1 Å². The molecule has 0 aliphatic rings. The van der Waals surface area contributed by atoms with Gasteiger partial charge in [0.2, 0.25) is 0 Å². The van der Waals surface area contributed by atoms with E-state index >= 15 is 8.78 Å². The monoisotopic (exact) mass is 556 g/mol. The molecule has 196 valence electrons. The molecular weight excluding hydrogens is 536 g/mol. The molecule has 0 heterocycles. The average Bonchev–Trinajstić information content (AvgIpc) is 3.01. The van der Waals surface area contributed by atoms with Crippen molar-refractivity contribution < 1.29 is 29.4 Å². The first-order valence-electron chi connectivity index (χ1n) is 12.5.